The average molecular weight is 484 g/mol. The van der Waals surface area contributed by atoms with Gasteiger partial charge >= 0.3 is 6.18 Å². The van der Waals surface area contributed by atoms with E-state index in [2.05, 4.69) is 36.4 Å². The molecule has 11 heteroatoms. The second-order valence-electron chi connectivity index (χ2n) is 6.82. The molecule has 3 aromatic rings. The number of alkyl halides is 3. The van der Waals surface area contributed by atoms with Gasteiger partial charge in [0.1, 0.15) is 23.5 Å². The zero-order valence-corrected chi connectivity index (χ0v) is 17.7. The number of amidine groups is 1. The maximum Gasteiger partial charge on any atom is 0.417 e. The predicted molar refractivity (Wildman–Crippen MR) is 107 cm³/mol. The van der Waals surface area contributed by atoms with E-state index in [1.807, 2.05) is 0 Å². The molecule has 0 saturated heterocycles. The second kappa shape index (κ2) is 7.55. The molecule has 0 fully saturated rings. The molecule has 2 atom stereocenters. The van der Waals surface area contributed by atoms with Crippen LogP contribution in [0.1, 0.15) is 29.8 Å². The molecule has 30 heavy (non-hydrogen) atoms. The molecule has 0 bridgehead atoms. The van der Waals surface area contributed by atoms with Crippen molar-refractivity contribution in [1.29, 1.82) is 0 Å². The van der Waals surface area contributed by atoms with Gasteiger partial charge in [0, 0.05) is 30.4 Å². The molecule has 4 heterocycles. The van der Waals surface area contributed by atoms with E-state index in [1.54, 1.807) is 36.9 Å². The summed E-state index contributed by atoms with van der Waals surface area (Å²) in [6.45, 7) is 1.79. The van der Waals surface area contributed by atoms with Crippen molar-refractivity contribution in [1.82, 2.24) is 20.0 Å². The summed E-state index contributed by atoms with van der Waals surface area (Å²) >= 11 is 3.34. The second-order valence-corrected chi connectivity index (χ2v) is 7.68. The fourth-order valence-electron chi connectivity index (χ4n) is 3.30. The molecule has 7 nitrogen and oxygen atoms in total. The number of aromatic nitrogens is 3. The van der Waals surface area contributed by atoms with Crippen molar-refractivity contribution in [3.63, 3.8) is 0 Å². The summed E-state index contributed by atoms with van der Waals surface area (Å²) in [7, 11) is 3.22. The van der Waals surface area contributed by atoms with Crippen LogP contribution in [-0.4, -0.2) is 33.6 Å². The minimum Gasteiger partial charge on any atom is -0.480 e. The maximum absolute atomic E-state index is 13.2. The molecule has 0 radical (unpaired) electrons. The molecular formula is C19H17BrF3N5O2. The topological polar surface area (TPSA) is 73.6 Å². The normalized spacial score (nSPS) is 19.5. The lowest BCUT2D eigenvalue weighted by Crippen LogP contribution is -2.38. The van der Waals surface area contributed by atoms with Crippen molar-refractivity contribution in [3.05, 3.63) is 51.9 Å². The molecule has 1 aliphatic rings. The molecule has 0 saturated carbocycles. The quantitative estimate of drug-likeness (QED) is 0.605. The molecule has 0 amide bonds. The first-order valence-corrected chi connectivity index (χ1v) is 9.71. The van der Waals surface area contributed by atoms with Gasteiger partial charge in [-0.1, -0.05) is 0 Å². The number of hydrogen-bond acceptors (Lipinski definition) is 6. The van der Waals surface area contributed by atoms with Crippen LogP contribution in [0.3, 0.4) is 0 Å². The maximum atomic E-state index is 13.2. The first-order chi connectivity index (χ1) is 14.2. The van der Waals surface area contributed by atoms with Crippen LogP contribution in [0.4, 0.5) is 13.2 Å². The van der Waals surface area contributed by atoms with E-state index in [0.29, 0.717) is 38.5 Å². The number of fused-ring (bicyclic) bond motifs is 1. The molecule has 3 aromatic heterocycles. The lowest BCUT2D eigenvalue weighted by Gasteiger charge is -2.27. The molecule has 0 spiro atoms. The van der Waals surface area contributed by atoms with Crippen LogP contribution in [0.15, 0.2) is 40.1 Å². The van der Waals surface area contributed by atoms with Crippen LogP contribution in [0.2, 0.25) is 0 Å². The summed E-state index contributed by atoms with van der Waals surface area (Å²) < 4.78 is 47.3. The molecule has 0 aliphatic carbocycles. The highest BCUT2D eigenvalue weighted by Crippen LogP contribution is 2.36. The number of aliphatic imine (C=N–C) groups is 1. The van der Waals surface area contributed by atoms with Crippen LogP contribution in [0.5, 0.6) is 5.88 Å². The Bertz CT molecular complexity index is 1150. The number of aryl methyl sites for hydroxylation is 1. The monoisotopic (exact) mass is 483 g/mol. The minimum atomic E-state index is -4.49. The highest BCUT2D eigenvalue weighted by Gasteiger charge is 2.34. The summed E-state index contributed by atoms with van der Waals surface area (Å²) in [6, 6.07) is 4.02. The lowest BCUT2D eigenvalue weighted by atomic mass is 10.0. The highest BCUT2D eigenvalue weighted by molar-refractivity contribution is 9.10. The summed E-state index contributed by atoms with van der Waals surface area (Å²) in [5.74, 6) is 0.720. The fourth-order valence-corrected chi connectivity index (χ4v) is 3.69. The Morgan fingerprint density at radius 2 is 2.07 bits per heavy atom. The Morgan fingerprint density at radius 1 is 1.30 bits per heavy atom. The zero-order valence-electron chi connectivity index (χ0n) is 16.2. The molecular weight excluding hydrogens is 467 g/mol. The number of ether oxygens (including phenoxy) is 1. The van der Waals surface area contributed by atoms with E-state index in [4.69, 9.17) is 9.57 Å². The van der Waals surface area contributed by atoms with Gasteiger partial charge in [-0.15, -0.1) is 0 Å². The van der Waals surface area contributed by atoms with E-state index in [9.17, 15) is 13.2 Å². The predicted octanol–water partition coefficient (Wildman–Crippen LogP) is 4.17. The van der Waals surface area contributed by atoms with Crippen molar-refractivity contribution >= 4 is 32.8 Å². The van der Waals surface area contributed by atoms with Crippen molar-refractivity contribution in [2.45, 2.75) is 25.2 Å². The Morgan fingerprint density at radius 3 is 2.77 bits per heavy atom. The van der Waals surface area contributed by atoms with Crippen LogP contribution < -0.4 is 10.2 Å². The molecule has 0 aromatic carbocycles. The number of halogens is 4. The van der Waals surface area contributed by atoms with Crippen LogP contribution in [0, 0.1) is 0 Å². The highest BCUT2D eigenvalue weighted by atomic mass is 79.9. The van der Waals surface area contributed by atoms with Gasteiger partial charge in [0.25, 0.3) is 0 Å². The first-order valence-electron chi connectivity index (χ1n) is 8.91. The molecule has 158 valence electrons. The third kappa shape index (κ3) is 3.63. The Balaban J connectivity index is 1.82. The van der Waals surface area contributed by atoms with Crippen molar-refractivity contribution in [2.24, 2.45) is 12.0 Å². The molecule has 1 aliphatic heterocycles. The lowest BCUT2D eigenvalue weighted by molar-refractivity contribution is -0.137. The van der Waals surface area contributed by atoms with Crippen LogP contribution in [0.25, 0.3) is 11.0 Å². The van der Waals surface area contributed by atoms with Gasteiger partial charge in [0.05, 0.1) is 17.1 Å². The largest absolute Gasteiger partial charge is 0.480 e. The number of nitrogens with zero attached hydrogens (tertiary/aromatic N) is 4. The van der Waals surface area contributed by atoms with Crippen LogP contribution >= 0.6 is 15.9 Å². The van der Waals surface area contributed by atoms with Crippen molar-refractivity contribution in [3.8, 4) is 5.88 Å². The Labute approximate surface area is 178 Å². The van der Waals surface area contributed by atoms with Gasteiger partial charge < -0.3 is 9.30 Å². The number of nitrogens with one attached hydrogen (secondary N) is 1. The molecule has 2 unspecified atom stereocenters. The van der Waals surface area contributed by atoms with Gasteiger partial charge in [-0.3, -0.25) is 9.83 Å². The smallest absolute Gasteiger partial charge is 0.417 e. The fraction of sp³-hybridized carbons (Fsp3) is 0.316. The Hall–Kier alpha value is -2.66. The van der Waals surface area contributed by atoms with E-state index < -0.39 is 23.9 Å². The standard InChI is InChI=1S/C19H17BrF3N5O2/c1-9-15(26-16(27-30-9)14-5-4-13(20)18(25-14)29-3)12-8-28(2)17-11(12)6-10(7-24-17)19(21,22)23/h4-9,15H,1-3H3,(H,26,27). The van der Waals surface area contributed by atoms with Gasteiger partial charge in [0.15, 0.2) is 5.84 Å². The molecule has 4 rings (SSSR count). The number of pyridine rings is 2. The van der Waals surface area contributed by atoms with Crippen molar-refractivity contribution < 1.29 is 22.7 Å². The van der Waals surface area contributed by atoms with Gasteiger partial charge in [0.2, 0.25) is 5.88 Å². The average Bonchev–Trinajstić information content (AvgIpc) is 3.04. The van der Waals surface area contributed by atoms with E-state index in [1.165, 1.54) is 7.11 Å². The number of methoxy groups -OCH3 is 1. The van der Waals surface area contributed by atoms with E-state index >= 15 is 0 Å². The Kier molecular flexibility index (Phi) is 5.18. The summed E-state index contributed by atoms with van der Waals surface area (Å²) in [5.41, 5.74) is 3.44. The number of hydrogen-bond donors (Lipinski definition) is 1. The number of rotatable bonds is 3. The third-order valence-electron chi connectivity index (χ3n) is 4.79. The molecule has 1 N–H and O–H groups in total. The first kappa shape index (κ1) is 20.6. The van der Waals surface area contributed by atoms with E-state index in [0.717, 1.165) is 12.3 Å². The van der Waals surface area contributed by atoms with E-state index in [-0.39, 0.29) is 0 Å². The third-order valence-corrected chi connectivity index (χ3v) is 5.40. The SMILES string of the molecule is COc1nc(C2=NC(c3cn(C)c4ncc(C(F)(F)F)cc34)C(C)ON2)ccc1Br. The minimum absolute atomic E-state index is 0.348. The summed E-state index contributed by atoms with van der Waals surface area (Å²) in [4.78, 5) is 18.7. The van der Waals surface area contributed by atoms with Gasteiger partial charge in [-0.05, 0) is 41.1 Å². The van der Waals surface area contributed by atoms with Crippen LogP contribution in [-0.2, 0) is 18.1 Å². The zero-order chi connectivity index (χ0) is 21.6. The summed E-state index contributed by atoms with van der Waals surface area (Å²) in [5, 5.41) is 0.374. The summed E-state index contributed by atoms with van der Waals surface area (Å²) in [6.07, 6.45) is -2.37. The van der Waals surface area contributed by atoms with Gasteiger partial charge in [-0.2, -0.15) is 13.2 Å². The number of hydroxylamine groups is 1. The van der Waals surface area contributed by atoms with Gasteiger partial charge in [-0.25, -0.2) is 15.4 Å². The van der Waals surface area contributed by atoms with Crippen molar-refractivity contribution in [2.75, 3.05) is 7.11 Å².